The number of aliphatic carboxylic acids is 1. The second kappa shape index (κ2) is 3.95. The molecule has 0 amide bonds. The molecular weight excluding hydrogens is 239 g/mol. The topological polar surface area (TPSA) is 66.8 Å². The summed E-state index contributed by atoms with van der Waals surface area (Å²) in [5.41, 5.74) is -2.11. The maximum Gasteiger partial charge on any atom is 0.306 e. The van der Waals surface area contributed by atoms with E-state index in [2.05, 4.69) is 0 Å². The van der Waals surface area contributed by atoms with E-state index in [0.717, 1.165) is 6.07 Å². The van der Waals surface area contributed by atoms with Crippen LogP contribution >= 0.6 is 0 Å². The van der Waals surface area contributed by atoms with Crippen LogP contribution in [0, 0.1) is 5.82 Å². The summed E-state index contributed by atoms with van der Waals surface area (Å²) in [4.78, 5) is 10.9. The van der Waals surface area contributed by atoms with Crippen molar-refractivity contribution in [3.8, 4) is 5.75 Å². The highest BCUT2D eigenvalue weighted by molar-refractivity contribution is 5.69. The van der Waals surface area contributed by atoms with E-state index < -0.39 is 29.4 Å². The van der Waals surface area contributed by atoms with Crippen LogP contribution in [0.1, 0.15) is 32.3 Å². The number of halogens is 1. The summed E-state index contributed by atoms with van der Waals surface area (Å²) in [7, 11) is 0. The predicted octanol–water partition coefficient (Wildman–Crippen LogP) is 2.05. The third-order valence-electron chi connectivity index (χ3n) is 2.99. The molecule has 0 aromatic heterocycles. The van der Waals surface area contributed by atoms with Gasteiger partial charge in [0.2, 0.25) is 0 Å². The van der Waals surface area contributed by atoms with E-state index in [-0.39, 0.29) is 12.0 Å². The van der Waals surface area contributed by atoms with E-state index in [4.69, 9.17) is 9.84 Å². The van der Waals surface area contributed by atoms with Crippen molar-refractivity contribution in [3.05, 3.63) is 29.6 Å². The Bertz CT molecular complexity index is 498. The number of carbonyl (C=O) groups is 1. The van der Waals surface area contributed by atoms with Crippen LogP contribution in [0.25, 0.3) is 0 Å². The maximum absolute atomic E-state index is 13.3. The average molecular weight is 254 g/mol. The van der Waals surface area contributed by atoms with Crippen molar-refractivity contribution in [2.24, 2.45) is 0 Å². The van der Waals surface area contributed by atoms with Gasteiger partial charge in [-0.1, -0.05) is 0 Å². The minimum Gasteiger partial charge on any atom is -0.487 e. The number of ether oxygens (including phenoxy) is 1. The monoisotopic (exact) mass is 254 g/mol. The van der Waals surface area contributed by atoms with Crippen molar-refractivity contribution in [1.82, 2.24) is 0 Å². The Hall–Kier alpha value is -1.62. The number of fused-ring (bicyclic) bond motifs is 1. The van der Waals surface area contributed by atoms with Crippen molar-refractivity contribution >= 4 is 5.97 Å². The standard InChI is InChI=1S/C13H15FO4/c1-12(2)7-13(17,6-11(15)16)9-5-8(14)3-4-10(9)18-12/h3-5,17H,6-7H2,1-2H3,(H,15,16)/t13-/m0/s1. The Balaban J connectivity index is 2.54. The minimum atomic E-state index is -1.61. The van der Waals surface area contributed by atoms with Gasteiger partial charge in [-0.15, -0.1) is 0 Å². The van der Waals surface area contributed by atoms with Gasteiger partial charge in [0.25, 0.3) is 0 Å². The molecule has 0 unspecified atom stereocenters. The number of carboxylic acid groups (broad SMARTS) is 1. The quantitative estimate of drug-likeness (QED) is 0.847. The molecular formula is C13H15FO4. The van der Waals surface area contributed by atoms with Crippen molar-refractivity contribution in [3.63, 3.8) is 0 Å². The normalized spacial score (nSPS) is 25.1. The third kappa shape index (κ3) is 2.31. The highest BCUT2D eigenvalue weighted by Gasteiger charge is 2.45. The molecule has 1 heterocycles. The summed E-state index contributed by atoms with van der Waals surface area (Å²) in [6.07, 6.45) is -0.376. The van der Waals surface area contributed by atoms with Crippen molar-refractivity contribution in [2.45, 2.75) is 37.9 Å². The van der Waals surface area contributed by atoms with Gasteiger partial charge in [0.1, 0.15) is 22.8 Å². The first kappa shape index (κ1) is 12.8. The predicted molar refractivity (Wildman–Crippen MR) is 61.9 cm³/mol. The van der Waals surface area contributed by atoms with Gasteiger partial charge in [0.05, 0.1) is 6.42 Å². The first-order chi connectivity index (χ1) is 8.22. The molecule has 0 radical (unpaired) electrons. The Labute approximate surface area is 104 Å². The number of carboxylic acids is 1. The van der Waals surface area contributed by atoms with E-state index >= 15 is 0 Å². The molecule has 1 aliphatic heterocycles. The molecule has 98 valence electrons. The fraction of sp³-hybridized carbons (Fsp3) is 0.462. The molecule has 0 spiro atoms. The lowest BCUT2D eigenvalue weighted by Gasteiger charge is -2.42. The first-order valence-electron chi connectivity index (χ1n) is 5.65. The fourth-order valence-electron chi connectivity index (χ4n) is 2.50. The zero-order chi connectivity index (χ0) is 13.6. The summed E-state index contributed by atoms with van der Waals surface area (Å²) in [6.45, 7) is 3.51. The number of hydrogen-bond acceptors (Lipinski definition) is 3. The van der Waals surface area contributed by atoms with Gasteiger partial charge < -0.3 is 14.9 Å². The Kier molecular flexibility index (Phi) is 2.81. The van der Waals surface area contributed by atoms with Gasteiger partial charge >= 0.3 is 5.97 Å². The molecule has 4 nitrogen and oxygen atoms in total. The summed E-state index contributed by atoms with van der Waals surface area (Å²) < 4.78 is 18.9. The lowest BCUT2D eigenvalue weighted by atomic mass is 9.78. The molecule has 0 saturated carbocycles. The minimum absolute atomic E-state index is 0.1000. The largest absolute Gasteiger partial charge is 0.487 e. The van der Waals surface area contributed by atoms with Crippen LogP contribution in [0.5, 0.6) is 5.75 Å². The fourth-order valence-corrected chi connectivity index (χ4v) is 2.50. The van der Waals surface area contributed by atoms with Gasteiger partial charge in [-0.05, 0) is 32.0 Å². The number of hydrogen-bond donors (Lipinski definition) is 2. The number of aliphatic hydroxyl groups is 1. The van der Waals surface area contributed by atoms with E-state index in [0.29, 0.717) is 5.75 Å². The highest BCUT2D eigenvalue weighted by atomic mass is 19.1. The molecule has 1 atom stereocenters. The molecule has 18 heavy (non-hydrogen) atoms. The van der Waals surface area contributed by atoms with E-state index in [9.17, 15) is 14.3 Å². The zero-order valence-electron chi connectivity index (χ0n) is 10.2. The van der Waals surface area contributed by atoms with Crippen molar-refractivity contribution in [1.29, 1.82) is 0 Å². The number of benzene rings is 1. The van der Waals surface area contributed by atoms with Crippen LogP contribution in [-0.2, 0) is 10.4 Å². The van der Waals surface area contributed by atoms with E-state index in [1.165, 1.54) is 12.1 Å². The smallest absolute Gasteiger partial charge is 0.306 e. The summed E-state index contributed by atoms with van der Waals surface area (Å²) in [5, 5.41) is 19.4. The molecule has 0 aliphatic carbocycles. The van der Waals surface area contributed by atoms with Crippen LogP contribution in [0.4, 0.5) is 4.39 Å². The highest BCUT2D eigenvalue weighted by Crippen LogP contribution is 2.45. The molecule has 5 heteroatoms. The average Bonchev–Trinajstić information content (AvgIpc) is 2.16. The van der Waals surface area contributed by atoms with Crippen LogP contribution in [0.2, 0.25) is 0 Å². The molecule has 2 N–H and O–H groups in total. The second-order valence-corrected chi connectivity index (χ2v) is 5.28. The summed E-state index contributed by atoms with van der Waals surface area (Å²) >= 11 is 0. The van der Waals surface area contributed by atoms with Crippen LogP contribution in [0.15, 0.2) is 18.2 Å². The van der Waals surface area contributed by atoms with Gasteiger partial charge in [-0.3, -0.25) is 4.79 Å². The van der Waals surface area contributed by atoms with Gasteiger partial charge in [0.15, 0.2) is 0 Å². The van der Waals surface area contributed by atoms with E-state index in [1.807, 2.05) is 0 Å². The Morgan fingerprint density at radius 2 is 2.17 bits per heavy atom. The lowest BCUT2D eigenvalue weighted by molar-refractivity contribution is -0.147. The second-order valence-electron chi connectivity index (χ2n) is 5.28. The van der Waals surface area contributed by atoms with Crippen molar-refractivity contribution < 1.29 is 24.1 Å². The first-order valence-corrected chi connectivity index (χ1v) is 5.65. The maximum atomic E-state index is 13.3. The zero-order valence-corrected chi connectivity index (χ0v) is 10.2. The molecule has 0 saturated heterocycles. The van der Waals surface area contributed by atoms with Crippen LogP contribution in [0.3, 0.4) is 0 Å². The molecule has 1 aliphatic rings. The Morgan fingerprint density at radius 1 is 1.50 bits per heavy atom. The lowest BCUT2D eigenvalue weighted by Crippen LogP contribution is -2.45. The molecule has 1 aromatic carbocycles. The van der Waals surface area contributed by atoms with Gasteiger partial charge in [-0.2, -0.15) is 0 Å². The van der Waals surface area contributed by atoms with E-state index in [1.54, 1.807) is 13.8 Å². The van der Waals surface area contributed by atoms with Gasteiger partial charge in [0, 0.05) is 12.0 Å². The van der Waals surface area contributed by atoms with Gasteiger partial charge in [-0.25, -0.2) is 4.39 Å². The summed E-state index contributed by atoms with van der Waals surface area (Å²) in [6, 6.07) is 3.77. The molecule has 0 bridgehead atoms. The molecule has 2 rings (SSSR count). The molecule has 0 fully saturated rings. The van der Waals surface area contributed by atoms with Crippen LogP contribution < -0.4 is 4.74 Å². The SMILES string of the molecule is CC1(C)C[C@@](O)(CC(=O)O)c2cc(F)ccc2O1. The van der Waals surface area contributed by atoms with Crippen LogP contribution in [-0.4, -0.2) is 21.8 Å². The van der Waals surface area contributed by atoms with Crippen molar-refractivity contribution in [2.75, 3.05) is 0 Å². The summed E-state index contributed by atoms with van der Waals surface area (Å²) in [5.74, 6) is -1.33. The Morgan fingerprint density at radius 3 is 2.78 bits per heavy atom. The number of rotatable bonds is 2. The third-order valence-corrected chi connectivity index (χ3v) is 2.99. The molecule has 1 aromatic rings.